The molecule has 0 aromatic carbocycles. The first-order valence-electron chi connectivity index (χ1n) is 7.86. The molecule has 0 spiro atoms. The van der Waals surface area contributed by atoms with Gasteiger partial charge in [0.25, 0.3) is 0 Å². The molecule has 0 aromatic heterocycles. The van der Waals surface area contributed by atoms with Crippen LogP contribution in [0.1, 0.15) is 59.8 Å². The van der Waals surface area contributed by atoms with Crippen LogP contribution in [-0.2, 0) is 4.79 Å². The Bertz CT molecular complexity index is 283. The van der Waals surface area contributed by atoms with Crippen LogP contribution in [0, 0.1) is 17.3 Å². The zero-order valence-corrected chi connectivity index (χ0v) is 13.2. The predicted molar refractivity (Wildman–Crippen MR) is 80.8 cm³/mol. The highest BCUT2D eigenvalue weighted by molar-refractivity contribution is 5.76. The van der Waals surface area contributed by atoms with Crippen LogP contribution in [-0.4, -0.2) is 30.4 Å². The Balaban J connectivity index is 2.35. The van der Waals surface area contributed by atoms with Crippen molar-refractivity contribution in [1.82, 2.24) is 4.90 Å². The first kappa shape index (κ1) is 16.5. The van der Waals surface area contributed by atoms with Crippen molar-refractivity contribution in [2.45, 2.75) is 59.8 Å². The van der Waals surface area contributed by atoms with Gasteiger partial charge in [0, 0.05) is 19.5 Å². The van der Waals surface area contributed by atoms with Crippen LogP contribution >= 0.6 is 0 Å². The lowest BCUT2D eigenvalue weighted by Crippen LogP contribution is -2.31. The highest BCUT2D eigenvalue weighted by Crippen LogP contribution is 2.33. The first-order valence-corrected chi connectivity index (χ1v) is 7.86. The summed E-state index contributed by atoms with van der Waals surface area (Å²) in [5.74, 6) is 1.62. The normalized spacial score (nSPS) is 21.7. The maximum absolute atomic E-state index is 12.2. The summed E-state index contributed by atoms with van der Waals surface area (Å²) in [6.45, 7) is 11.7. The lowest BCUT2D eigenvalue weighted by molar-refractivity contribution is -0.130. The summed E-state index contributed by atoms with van der Waals surface area (Å²) in [4.78, 5) is 14.3. The molecule has 2 atom stereocenters. The Kier molecular flexibility index (Phi) is 6.31. The van der Waals surface area contributed by atoms with E-state index in [1.54, 1.807) is 0 Å². The molecule has 2 N–H and O–H groups in total. The molecular formula is C16H32N2O. The molecular weight excluding hydrogens is 236 g/mol. The van der Waals surface area contributed by atoms with Gasteiger partial charge in [-0.2, -0.15) is 0 Å². The molecule has 1 saturated heterocycles. The van der Waals surface area contributed by atoms with Gasteiger partial charge in [-0.25, -0.2) is 0 Å². The SMILES string of the molecule is CCC(CCN)CCC(=O)N1CCC(C(C)(C)C)C1. The number of carbonyl (C=O) groups excluding carboxylic acids is 1. The lowest BCUT2D eigenvalue weighted by Gasteiger charge is -2.27. The molecule has 1 aliphatic rings. The van der Waals surface area contributed by atoms with E-state index >= 15 is 0 Å². The molecule has 0 aromatic rings. The van der Waals surface area contributed by atoms with Gasteiger partial charge in [0.15, 0.2) is 0 Å². The number of nitrogens with zero attached hydrogens (tertiary/aromatic N) is 1. The van der Waals surface area contributed by atoms with Gasteiger partial charge in [-0.15, -0.1) is 0 Å². The van der Waals surface area contributed by atoms with Gasteiger partial charge in [0.2, 0.25) is 5.91 Å². The maximum Gasteiger partial charge on any atom is 0.222 e. The van der Waals surface area contributed by atoms with Gasteiger partial charge in [0.05, 0.1) is 0 Å². The lowest BCUT2D eigenvalue weighted by atomic mass is 9.80. The fourth-order valence-corrected chi connectivity index (χ4v) is 2.97. The van der Waals surface area contributed by atoms with Crippen molar-refractivity contribution in [3.8, 4) is 0 Å². The summed E-state index contributed by atoms with van der Waals surface area (Å²) in [7, 11) is 0. The third-order valence-corrected chi connectivity index (χ3v) is 4.68. The maximum atomic E-state index is 12.2. The van der Waals surface area contributed by atoms with Gasteiger partial charge >= 0.3 is 0 Å². The molecule has 3 heteroatoms. The van der Waals surface area contributed by atoms with Crippen molar-refractivity contribution < 1.29 is 4.79 Å². The van der Waals surface area contributed by atoms with E-state index in [1.165, 1.54) is 0 Å². The van der Waals surface area contributed by atoms with Crippen molar-refractivity contribution in [2.24, 2.45) is 23.0 Å². The Hall–Kier alpha value is -0.570. The zero-order valence-electron chi connectivity index (χ0n) is 13.2. The fraction of sp³-hybridized carbons (Fsp3) is 0.938. The minimum atomic E-state index is 0.320. The summed E-state index contributed by atoms with van der Waals surface area (Å²) in [6.07, 6.45) is 5.05. The number of nitrogens with two attached hydrogens (primary N) is 1. The molecule has 0 aliphatic carbocycles. The Morgan fingerprint density at radius 1 is 1.37 bits per heavy atom. The van der Waals surface area contributed by atoms with E-state index in [0.29, 0.717) is 29.6 Å². The van der Waals surface area contributed by atoms with E-state index in [9.17, 15) is 4.79 Å². The second-order valence-corrected chi connectivity index (χ2v) is 7.08. The van der Waals surface area contributed by atoms with Crippen molar-refractivity contribution in [3.63, 3.8) is 0 Å². The van der Waals surface area contributed by atoms with Gasteiger partial charge < -0.3 is 10.6 Å². The molecule has 1 aliphatic heterocycles. The number of amides is 1. The first-order chi connectivity index (χ1) is 8.88. The predicted octanol–water partition coefficient (Wildman–Crippen LogP) is 3.04. The molecule has 0 bridgehead atoms. The largest absolute Gasteiger partial charge is 0.342 e. The molecule has 2 unspecified atom stereocenters. The minimum absolute atomic E-state index is 0.320. The molecule has 1 rings (SSSR count). The topological polar surface area (TPSA) is 46.3 Å². The second-order valence-electron chi connectivity index (χ2n) is 7.08. The minimum Gasteiger partial charge on any atom is -0.342 e. The third kappa shape index (κ3) is 5.13. The highest BCUT2D eigenvalue weighted by Gasteiger charge is 2.33. The summed E-state index contributed by atoms with van der Waals surface area (Å²) in [6, 6.07) is 0. The van der Waals surface area contributed by atoms with E-state index in [-0.39, 0.29) is 0 Å². The number of carbonyl (C=O) groups is 1. The van der Waals surface area contributed by atoms with Crippen molar-refractivity contribution in [3.05, 3.63) is 0 Å². The molecule has 0 radical (unpaired) electrons. The average molecular weight is 268 g/mol. The number of hydrogen-bond acceptors (Lipinski definition) is 2. The van der Waals surface area contributed by atoms with Crippen LogP contribution < -0.4 is 5.73 Å². The van der Waals surface area contributed by atoms with Crippen molar-refractivity contribution >= 4 is 5.91 Å². The Morgan fingerprint density at radius 3 is 2.53 bits per heavy atom. The van der Waals surface area contributed by atoms with E-state index < -0.39 is 0 Å². The number of hydrogen-bond donors (Lipinski definition) is 1. The molecule has 112 valence electrons. The summed E-state index contributed by atoms with van der Waals surface area (Å²) >= 11 is 0. The van der Waals surface area contributed by atoms with Crippen LogP contribution in [0.4, 0.5) is 0 Å². The molecule has 1 fully saturated rings. The van der Waals surface area contributed by atoms with Gasteiger partial charge in [-0.1, -0.05) is 34.1 Å². The third-order valence-electron chi connectivity index (χ3n) is 4.68. The molecule has 19 heavy (non-hydrogen) atoms. The van der Waals surface area contributed by atoms with Crippen LogP contribution in [0.25, 0.3) is 0 Å². The summed E-state index contributed by atoms with van der Waals surface area (Å²) in [5, 5.41) is 0. The van der Waals surface area contributed by atoms with E-state index in [0.717, 1.165) is 45.3 Å². The highest BCUT2D eigenvalue weighted by atomic mass is 16.2. The van der Waals surface area contributed by atoms with E-state index in [4.69, 9.17) is 5.73 Å². The standard InChI is InChI=1S/C16H32N2O/c1-5-13(8-10-17)6-7-15(19)18-11-9-14(12-18)16(2,3)4/h13-14H,5-12,17H2,1-4H3. The Labute approximate surface area is 118 Å². The van der Waals surface area contributed by atoms with Gasteiger partial charge in [-0.3, -0.25) is 4.79 Å². The zero-order chi connectivity index (χ0) is 14.5. The molecule has 3 nitrogen and oxygen atoms in total. The van der Waals surface area contributed by atoms with Crippen LogP contribution in [0.3, 0.4) is 0 Å². The Morgan fingerprint density at radius 2 is 2.05 bits per heavy atom. The van der Waals surface area contributed by atoms with Gasteiger partial charge in [0.1, 0.15) is 0 Å². The molecule has 1 amide bonds. The number of likely N-dealkylation sites (tertiary alicyclic amines) is 1. The summed E-state index contributed by atoms with van der Waals surface area (Å²) < 4.78 is 0. The quantitative estimate of drug-likeness (QED) is 0.805. The molecule has 1 heterocycles. The fourth-order valence-electron chi connectivity index (χ4n) is 2.97. The molecule has 0 saturated carbocycles. The van der Waals surface area contributed by atoms with Crippen LogP contribution in [0.2, 0.25) is 0 Å². The number of rotatable bonds is 6. The van der Waals surface area contributed by atoms with Crippen LogP contribution in [0.15, 0.2) is 0 Å². The second kappa shape index (κ2) is 7.28. The smallest absolute Gasteiger partial charge is 0.222 e. The van der Waals surface area contributed by atoms with Crippen molar-refractivity contribution in [2.75, 3.05) is 19.6 Å². The average Bonchev–Trinajstić information content (AvgIpc) is 2.83. The van der Waals surface area contributed by atoms with Crippen molar-refractivity contribution in [1.29, 1.82) is 0 Å². The van der Waals surface area contributed by atoms with Crippen LogP contribution in [0.5, 0.6) is 0 Å². The van der Waals surface area contributed by atoms with Gasteiger partial charge in [-0.05, 0) is 43.1 Å². The summed E-state index contributed by atoms with van der Waals surface area (Å²) in [5.41, 5.74) is 5.92. The van der Waals surface area contributed by atoms with E-state index in [1.807, 2.05) is 0 Å². The van der Waals surface area contributed by atoms with E-state index in [2.05, 4.69) is 32.6 Å². The monoisotopic (exact) mass is 268 g/mol.